The van der Waals surface area contributed by atoms with Gasteiger partial charge in [0.05, 0.1) is 12.1 Å². The average Bonchev–Trinajstić information content (AvgIpc) is 3.31. The van der Waals surface area contributed by atoms with Crippen molar-refractivity contribution < 1.29 is 19.1 Å². The second kappa shape index (κ2) is 9.50. The lowest BCUT2D eigenvalue weighted by molar-refractivity contribution is -0.131. The molecule has 0 saturated carbocycles. The summed E-state index contributed by atoms with van der Waals surface area (Å²) >= 11 is 0. The van der Waals surface area contributed by atoms with Gasteiger partial charge in [-0.25, -0.2) is 0 Å². The van der Waals surface area contributed by atoms with Crippen molar-refractivity contribution in [3.63, 3.8) is 0 Å². The van der Waals surface area contributed by atoms with E-state index < -0.39 is 17.9 Å². The maximum absolute atomic E-state index is 13.0. The highest BCUT2D eigenvalue weighted by Gasteiger charge is 2.28. The molecule has 1 unspecified atom stereocenters. The van der Waals surface area contributed by atoms with Gasteiger partial charge < -0.3 is 9.47 Å². The Morgan fingerprint density at radius 1 is 0.882 bits per heavy atom. The molecule has 1 aliphatic heterocycles. The lowest BCUT2D eigenvalue weighted by Crippen LogP contribution is -2.50. The van der Waals surface area contributed by atoms with E-state index in [2.05, 4.69) is 16.0 Å². The molecule has 2 amide bonds. The molecule has 0 spiro atoms. The highest BCUT2D eigenvalue weighted by atomic mass is 16.6. The van der Waals surface area contributed by atoms with Gasteiger partial charge in [0.15, 0.2) is 11.5 Å². The van der Waals surface area contributed by atoms with Crippen molar-refractivity contribution in [2.45, 2.75) is 12.6 Å². The molecule has 2 heterocycles. The number of carbonyl (C=O) groups excluding carboxylic acids is 2. The first-order valence-electron chi connectivity index (χ1n) is 10.8. The van der Waals surface area contributed by atoms with Crippen molar-refractivity contribution in [2.75, 3.05) is 6.61 Å². The van der Waals surface area contributed by atoms with Gasteiger partial charge in [0.25, 0.3) is 11.8 Å². The zero-order chi connectivity index (χ0) is 23.3. The summed E-state index contributed by atoms with van der Waals surface area (Å²) in [7, 11) is 0. The third kappa shape index (κ3) is 4.61. The zero-order valence-corrected chi connectivity index (χ0v) is 18.2. The van der Waals surface area contributed by atoms with Gasteiger partial charge in [-0.3, -0.25) is 25.1 Å². The maximum Gasteiger partial charge on any atom is 0.283 e. The van der Waals surface area contributed by atoms with Crippen LogP contribution in [-0.4, -0.2) is 34.3 Å². The van der Waals surface area contributed by atoms with Gasteiger partial charge in [-0.2, -0.15) is 5.10 Å². The Hall–Kier alpha value is -4.59. The number of hydrogen-bond donors (Lipinski definition) is 2. The lowest BCUT2D eigenvalue weighted by Gasteiger charge is -2.25. The summed E-state index contributed by atoms with van der Waals surface area (Å²) < 4.78 is 13.0. The molecule has 1 atom stereocenters. The van der Waals surface area contributed by atoms with Crippen molar-refractivity contribution in [1.82, 2.24) is 20.6 Å². The lowest BCUT2D eigenvalue weighted by atomic mass is 10.1. The maximum atomic E-state index is 13.0. The van der Waals surface area contributed by atoms with Crippen LogP contribution in [0.1, 0.15) is 15.9 Å². The summed E-state index contributed by atoms with van der Waals surface area (Å²) in [6, 6.07) is 26.4. The number of hydrogen-bond acceptors (Lipinski definition) is 5. The number of amides is 2. The molecule has 0 bridgehead atoms. The summed E-state index contributed by atoms with van der Waals surface area (Å²) in [4.78, 5) is 25.6. The minimum Gasteiger partial charge on any atom is -0.485 e. The zero-order valence-electron chi connectivity index (χ0n) is 18.2. The predicted octanol–water partition coefficient (Wildman–Crippen LogP) is 3.20. The van der Waals surface area contributed by atoms with Crippen LogP contribution in [0.4, 0.5) is 0 Å². The van der Waals surface area contributed by atoms with Crippen LogP contribution >= 0.6 is 0 Å². The third-order valence-corrected chi connectivity index (χ3v) is 5.34. The number of nitrogens with zero attached hydrogens (tertiary/aromatic N) is 2. The first kappa shape index (κ1) is 21.3. The van der Waals surface area contributed by atoms with Gasteiger partial charge in [0.2, 0.25) is 6.10 Å². The number of fused-ring (bicyclic) bond motifs is 1. The van der Waals surface area contributed by atoms with E-state index in [1.807, 2.05) is 66.7 Å². The van der Waals surface area contributed by atoms with Gasteiger partial charge >= 0.3 is 0 Å². The molecule has 0 aliphatic carbocycles. The Balaban J connectivity index is 1.31. The van der Waals surface area contributed by atoms with E-state index in [9.17, 15) is 9.59 Å². The van der Waals surface area contributed by atoms with Crippen LogP contribution in [-0.2, 0) is 11.3 Å². The molecule has 8 nitrogen and oxygen atoms in total. The average molecular weight is 454 g/mol. The van der Waals surface area contributed by atoms with Crippen LogP contribution in [0.2, 0.25) is 0 Å². The Kier molecular flexibility index (Phi) is 5.94. The first-order chi connectivity index (χ1) is 16.7. The summed E-state index contributed by atoms with van der Waals surface area (Å²) in [5.74, 6) is 0.0622. The fourth-order valence-corrected chi connectivity index (χ4v) is 3.66. The second-order valence-corrected chi connectivity index (χ2v) is 7.75. The molecule has 0 radical (unpaired) electrons. The molecule has 34 heavy (non-hydrogen) atoms. The number of benzene rings is 3. The molecule has 8 heteroatoms. The number of para-hydroxylation sites is 2. The molecular formula is C26H22N4O4. The van der Waals surface area contributed by atoms with Crippen molar-refractivity contribution in [1.29, 1.82) is 0 Å². The molecule has 0 fully saturated rings. The molecule has 2 N–H and O–H groups in total. The first-order valence-corrected chi connectivity index (χ1v) is 10.8. The van der Waals surface area contributed by atoms with Crippen molar-refractivity contribution in [2.24, 2.45) is 0 Å². The van der Waals surface area contributed by atoms with E-state index in [4.69, 9.17) is 9.47 Å². The summed E-state index contributed by atoms with van der Waals surface area (Å²) in [6.07, 6.45) is 0.789. The van der Waals surface area contributed by atoms with E-state index >= 15 is 0 Å². The Morgan fingerprint density at radius 2 is 1.56 bits per heavy atom. The number of rotatable bonds is 5. The molecule has 4 aromatic rings. The molecule has 1 aliphatic rings. The second-order valence-electron chi connectivity index (χ2n) is 7.75. The van der Waals surface area contributed by atoms with Crippen molar-refractivity contribution >= 4 is 11.8 Å². The van der Waals surface area contributed by atoms with Crippen LogP contribution in [0.3, 0.4) is 0 Å². The smallest absolute Gasteiger partial charge is 0.283 e. The number of ether oxygens (including phenoxy) is 2. The molecule has 0 saturated heterocycles. The number of nitrogens with one attached hydrogen (secondary N) is 2. The minimum atomic E-state index is -0.885. The number of carbonyl (C=O) groups is 2. The topological polar surface area (TPSA) is 94.5 Å². The van der Waals surface area contributed by atoms with Gasteiger partial charge in [-0.15, -0.1) is 0 Å². The van der Waals surface area contributed by atoms with Gasteiger partial charge in [-0.1, -0.05) is 72.8 Å². The largest absolute Gasteiger partial charge is 0.485 e. The summed E-state index contributed by atoms with van der Waals surface area (Å²) in [6.45, 7) is 0.552. The van der Waals surface area contributed by atoms with Gasteiger partial charge in [0, 0.05) is 11.8 Å². The number of aromatic nitrogens is 2. The highest BCUT2D eigenvalue weighted by Crippen LogP contribution is 2.30. The van der Waals surface area contributed by atoms with Crippen LogP contribution < -0.4 is 20.3 Å². The highest BCUT2D eigenvalue weighted by molar-refractivity contribution is 6.00. The van der Waals surface area contributed by atoms with Gasteiger partial charge in [-0.05, 0) is 17.7 Å². The van der Waals surface area contributed by atoms with Gasteiger partial charge in [0.1, 0.15) is 12.3 Å². The summed E-state index contributed by atoms with van der Waals surface area (Å²) in [5.41, 5.74) is 7.64. The van der Waals surface area contributed by atoms with Crippen LogP contribution in [0, 0.1) is 0 Å². The van der Waals surface area contributed by atoms with Crippen LogP contribution in [0.25, 0.3) is 11.3 Å². The predicted molar refractivity (Wildman–Crippen MR) is 125 cm³/mol. The molecular weight excluding hydrogens is 432 g/mol. The Morgan fingerprint density at radius 3 is 2.32 bits per heavy atom. The minimum absolute atomic E-state index is 0.0446. The van der Waals surface area contributed by atoms with Crippen LogP contribution in [0.15, 0.2) is 91.1 Å². The molecule has 3 aromatic carbocycles. The number of hydrazine groups is 1. The fourth-order valence-electron chi connectivity index (χ4n) is 3.66. The Bertz CT molecular complexity index is 1300. The molecule has 5 rings (SSSR count). The van der Waals surface area contributed by atoms with Crippen molar-refractivity contribution in [3.05, 3.63) is 102 Å². The quantitative estimate of drug-likeness (QED) is 0.452. The van der Waals surface area contributed by atoms with E-state index in [1.165, 1.54) is 0 Å². The van der Waals surface area contributed by atoms with E-state index in [1.54, 1.807) is 29.1 Å². The SMILES string of the molecule is O=C(NNC(=O)C1COc2ccccc2O1)c1cn(Cc2ccccc2)nc1-c1ccccc1. The Labute approximate surface area is 196 Å². The summed E-state index contributed by atoms with van der Waals surface area (Å²) in [5, 5.41) is 4.64. The van der Waals surface area contributed by atoms with Crippen LogP contribution in [0.5, 0.6) is 11.5 Å². The molecule has 170 valence electrons. The standard InChI is InChI=1S/C26H22N4O4/c31-25(27-28-26(32)23-17-33-21-13-7-8-14-22(21)34-23)20-16-30(15-18-9-3-1-4-10-18)29-24(20)19-11-5-2-6-12-19/h1-14,16,23H,15,17H2,(H,27,31)(H,28,32). The third-order valence-electron chi connectivity index (χ3n) is 5.34. The molecule has 1 aromatic heterocycles. The van der Waals surface area contributed by atoms with Crippen molar-refractivity contribution in [3.8, 4) is 22.8 Å². The fraction of sp³-hybridized carbons (Fsp3) is 0.115. The van der Waals surface area contributed by atoms with E-state index in [-0.39, 0.29) is 6.61 Å². The monoisotopic (exact) mass is 454 g/mol. The normalized spacial score (nSPS) is 14.3. The van der Waals surface area contributed by atoms with E-state index in [0.29, 0.717) is 29.3 Å². The van der Waals surface area contributed by atoms with E-state index in [0.717, 1.165) is 11.1 Å².